The molecule has 0 saturated carbocycles. The van der Waals surface area contributed by atoms with Crippen LogP contribution in [0.1, 0.15) is 22.9 Å². The van der Waals surface area contributed by atoms with Crippen molar-refractivity contribution in [3.8, 4) is 0 Å². The molecule has 6 nitrogen and oxygen atoms in total. The van der Waals surface area contributed by atoms with Crippen LogP contribution in [-0.2, 0) is 9.59 Å². The van der Waals surface area contributed by atoms with Gasteiger partial charge in [0.15, 0.2) is 5.13 Å². The molecule has 4 aromatic rings. The van der Waals surface area contributed by atoms with Gasteiger partial charge in [0.2, 0.25) is 0 Å². The van der Waals surface area contributed by atoms with Gasteiger partial charge in [-0.1, -0.05) is 52.8 Å². The molecule has 1 atom stereocenters. The van der Waals surface area contributed by atoms with E-state index in [-0.39, 0.29) is 11.3 Å². The monoisotopic (exact) mass is 450 g/mol. The van der Waals surface area contributed by atoms with E-state index in [1.807, 2.05) is 19.1 Å². The van der Waals surface area contributed by atoms with E-state index in [0.717, 1.165) is 10.3 Å². The molecule has 1 aliphatic rings. The van der Waals surface area contributed by atoms with Crippen LogP contribution in [0.25, 0.3) is 16.0 Å². The number of benzene rings is 2. The molecule has 2 aromatic heterocycles. The Labute approximate surface area is 186 Å². The van der Waals surface area contributed by atoms with E-state index in [9.17, 15) is 14.7 Å². The van der Waals surface area contributed by atoms with Crippen LogP contribution in [0.15, 0.2) is 70.9 Å². The number of carbonyl (C=O) groups excluding carboxylic acids is 2. The molecule has 8 heteroatoms. The molecule has 1 saturated heterocycles. The van der Waals surface area contributed by atoms with Crippen molar-refractivity contribution in [3.63, 3.8) is 0 Å². The summed E-state index contributed by atoms with van der Waals surface area (Å²) in [5.74, 6) is -1.48. The summed E-state index contributed by atoms with van der Waals surface area (Å²) in [6.07, 6.45) is 1.46. The Bertz CT molecular complexity index is 1360. The zero-order valence-electron chi connectivity index (χ0n) is 16.2. The average Bonchev–Trinajstić information content (AvgIpc) is 3.47. The molecule has 1 amide bonds. The number of hydrogen-bond acceptors (Lipinski definition) is 6. The van der Waals surface area contributed by atoms with Gasteiger partial charge in [0, 0.05) is 10.6 Å². The van der Waals surface area contributed by atoms with Crippen LogP contribution in [0.3, 0.4) is 0 Å². The Balaban J connectivity index is 1.71. The molecule has 154 valence electrons. The zero-order chi connectivity index (χ0) is 21.7. The molecule has 5 rings (SSSR count). The first kappa shape index (κ1) is 19.5. The molecule has 1 unspecified atom stereocenters. The lowest BCUT2D eigenvalue weighted by molar-refractivity contribution is -0.132. The molecule has 1 fully saturated rings. The standard InChI is InChI=1S/C23H15ClN2O4S/c1-12-4-6-13(7-5-12)20(27)18-19(16-3-2-10-30-16)26(22(29)21(18)28)23-25-15-9-8-14(24)11-17(15)31-23/h2-11,19,27H,1H3. The summed E-state index contributed by atoms with van der Waals surface area (Å²) >= 11 is 7.32. The Hall–Kier alpha value is -3.42. The van der Waals surface area contributed by atoms with Crippen LogP contribution in [0.2, 0.25) is 5.02 Å². The van der Waals surface area contributed by atoms with Crippen molar-refractivity contribution in [3.05, 3.63) is 88.3 Å². The molecule has 0 spiro atoms. The third kappa shape index (κ3) is 3.22. The highest BCUT2D eigenvalue weighted by molar-refractivity contribution is 7.22. The van der Waals surface area contributed by atoms with Gasteiger partial charge in [-0.15, -0.1) is 0 Å². The van der Waals surface area contributed by atoms with Crippen LogP contribution in [-0.4, -0.2) is 21.8 Å². The van der Waals surface area contributed by atoms with Gasteiger partial charge in [-0.05, 0) is 37.3 Å². The highest BCUT2D eigenvalue weighted by atomic mass is 35.5. The molecule has 0 aliphatic carbocycles. The third-order valence-corrected chi connectivity index (χ3v) is 6.38. The van der Waals surface area contributed by atoms with Crippen LogP contribution in [0, 0.1) is 6.92 Å². The number of ketones is 1. The number of rotatable bonds is 3. The SMILES string of the molecule is Cc1ccc(C(O)=C2C(=O)C(=O)N(c3nc4ccc(Cl)cc4s3)C2c2ccco2)cc1. The molecule has 0 radical (unpaired) electrons. The summed E-state index contributed by atoms with van der Waals surface area (Å²) in [5.41, 5.74) is 2.06. The Morgan fingerprint density at radius 2 is 1.94 bits per heavy atom. The Kier molecular flexibility index (Phi) is 4.64. The van der Waals surface area contributed by atoms with Gasteiger partial charge in [0.25, 0.3) is 5.78 Å². The Morgan fingerprint density at radius 1 is 1.16 bits per heavy atom. The van der Waals surface area contributed by atoms with E-state index in [4.69, 9.17) is 16.0 Å². The van der Waals surface area contributed by atoms with Crippen LogP contribution < -0.4 is 4.90 Å². The molecule has 31 heavy (non-hydrogen) atoms. The fraction of sp³-hybridized carbons (Fsp3) is 0.0870. The molecule has 0 bridgehead atoms. The van der Waals surface area contributed by atoms with Crippen molar-refractivity contribution in [2.24, 2.45) is 0 Å². The number of carbonyl (C=O) groups is 2. The number of amides is 1. The minimum Gasteiger partial charge on any atom is -0.507 e. The number of hydrogen-bond donors (Lipinski definition) is 1. The van der Waals surface area contributed by atoms with Crippen LogP contribution in [0.5, 0.6) is 0 Å². The average molecular weight is 451 g/mol. The Morgan fingerprint density at radius 3 is 2.65 bits per heavy atom. The number of nitrogens with zero attached hydrogens (tertiary/aromatic N) is 2. The van der Waals surface area contributed by atoms with Gasteiger partial charge in [0.1, 0.15) is 17.6 Å². The maximum atomic E-state index is 13.1. The lowest BCUT2D eigenvalue weighted by Crippen LogP contribution is -2.29. The summed E-state index contributed by atoms with van der Waals surface area (Å²) in [5, 5.41) is 11.9. The topological polar surface area (TPSA) is 83.6 Å². The van der Waals surface area contributed by atoms with Crippen molar-refractivity contribution in [2.45, 2.75) is 13.0 Å². The number of aromatic nitrogens is 1. The number of halogens is 1. The first-order chi connectivity index (χ1) is 14.9. The van der Waals surface area contributed by atoms with Crippen molar-refractivity contribution < 1.29 is 19.1 Å². The van der Waals surface area contributed by atoms with E-state index in [1.165, 1.54) is 22.5 Å². The maximum Gasteiger partial charge on any atom is 0.302 e. The predicted molar refractivity (Wildman–Crippen MR) is 119 cm³/mol. The first-order valence-corrected chi connectivity index (χ1v) is 10.6. The molecular formula is C23H15ClN2O4S. The maximum absolute atomic E-state index is 13.1. The number of thiazole rings is 1. The molecular weight excluding hydrogens is 436 g/mol. The number of aryl methyl sites for hydroxylation is 1. The second kappa shape index (κ2) is 7.37. The summed E-state index contributed by atoms with van der Waals surface area (Å²) in [6.45, 7) is 1.92. The molecule has 1 aliphatic heterocycles. The van der Waals surface area contributed by atoms with Crippen molar-refractivity contribution in [2.75, 3.05) is 4.90 Å². The zero-order valence-corrected chi connectivity index (χ0v) is 17.8. The number of Topliss-reactive ketones (excluding diaryl/α,β-unsaturated/α-hetero) is 1. The first-order valence-electron chi connectivity index (χ1n) is 9.41. The number of aliphatic hydroxyl groups excluding tert-OH is 1. The largest absolute Gasteiger partial charge is 0.507 e. The number of fused-ring (bicyclic) bond motifs is 1. The summed E-state index contributed by atoms with van der Waals surface area (Å²) < 4.78 is 6.34. The quantitative estimate of drug-likeness (QED) is 0.254. The second-order valence-corrected chi connectivity index (χ2v) is 8.60. The lowest BCUT2D eigenvalue weighted by Gasteiger charge is -2.20. The van der Waals surface area contributed by atoms with Gasteiger partial charge in [-0.25, -0.2) is 4.98 Å². The predicted octanol–water partition coefficient (Wildman–Crippen LogP) is 5.48. The number of anilines is 1. The van der Waals surface area contributed by atoms with Crippen LogP contribution >= 0.6 is 22.9 Å². The third-order valence-electron chi connectivity index (χ3n) is 5.13. The van der Waals surface area contributed by atoms with Gasteiger partial charge in [0.05, 0.1) is 22.1 Å². The summed E-state index contributed by atoms with van der Waals surface area (Å²) in [7, 11) is 0. The fourth-order valence-corrected chi connectivity index (χ4v) is 4.87. The molecule has 2 aromatic carbocycles. The van der Waals surface area contributed by atoms with Crippen molar-refractivity contribution >= 4 is 55.7 Å². The number of aliphatic hydroxyl groups is 1. The smallest absolute Gasteiger partial charge is 0.302 e. The van der Waals surface area contributed by atoms with Gasteiger partial charge in [-0.2, -0.15) is 0 Å². The highest BCUT2D eigenvalue weighted by Crippen LogP contribution is 2.44. The van der Waals surface area contributed by atoms with E-state index in [0.29, 0.717) is 27.0 Å². The minimum atomic E-state index is -0.938. The van der Waals surface area contributed by atoms with E-state index < -0.39 is 17.7 Å². The molecule has 1 N–H and O–H groups in total. The van der Waals surface area contributed by atoms with Gasteiger partial charge in [-0.3, -0.25) is 14.5 Å². The van der Waals surface area contributed by atoms with Crippen LogP contribution in [0.4, 0.5) is 5.13 Å². The normalized spacial score (nSPS) is 18.3. The van der Waals surface area contributed by atoms with E-state index in [2.05, 4.69) is 4.98 Å². The van der Waals surface area contributed by atoms with E-state index >= 15 is 0 Å². The summed E-state index contributed by atoms with van der Waals surface area (Å²) in [6, 6.07) is 14.7. The van der Waals surface area contributed by atoms with Gasteiger partial charge < -0.3 is 9.52 Å². The molecule has 3 heterocycles. The van der Waals surface area contributed by atoms with Crippen molar-refractivity contribution in [1.82, 2.24) is 4.98 Å². The number of furan rings is 1. The second-order valence-electron chi connectivity index (χ2n) is 7.16. The van der Waals surface area contributed by atoms with Crippen molar-refractivity contribution in [1.29, 1.82) is 0 Å². The van der Waals surface area contributed by atoms with E-state index in [1.54, 1.807) is 42.5 Å². The van der Waals surface area contributed by atoms with Gasteiger partial charge >= 0.3 is 5.91 Å². The highest BCUT2D eigenvalue weighted by Gasteiger charge is 2.49. The fourth-order valence-electron chi connectivity index (χ4n) is 3.60. The lowest BCUT2D eigenvalue weighted by atomic mass is 9.99. The summed E-state index contributed by atoms with van der Waals surface area (Å²) in [4.78, 5) is 31.9. The minimum absolute atomic E-state index is 0.0407.